The summed E-state index contributed by atoms with van der Waals surface area (Å²) in [7, 11) is 0. The van der Waals surface area contributed by atoms with Gasteiger partial charge in [0.2, 0.25) is 0 Å². The maximum absolute atomic E-state index is 6.06. The van der Waals surface area contributed by atoms with Gasteiger partial charge in [0.25, 0.3) is 0 Å². The molecule has 18 heavy (non-hydrogen) atoms. The topological polar surface area (TPSA) is 79.6 Å². The van der Waals surface area contributed by atoms with Gasteiger partial charge in [-0.2, -0.15) is 5.10 Å². The van der Waals surface area contributed by atoms with Crippen molar-refractivity contribution < 1.29 is 0 Å². The van der Waals surface area contributed by atoms with E-state index in [1.165, 1.54) is 6.33 Å². The third kappa shape index (κ3) is 3.27. The average Bonchev–Trinajstić information content (AvgIpc) is 2.79. The Morgan fingerprint density at radius 2 is 2.00 bits per heavy atom. The predicted octanol–water partition coefficient (Wildman–Crippen LogP) is 2.74. The Labute approximate surface area is 115 Å². The Kier molecular flexibility index (Phi) is 4.28. The Morgan fingerprint density at radius 3 is 2.61 bits per heavy atom. The lowest BCUT2D eigenvalue weighted by atomic mass is 10.2. The number of rotatable bonds is 5. The molecule has 0 aliphatic heterocycles. The molecule has 7 heteroatoms. The van der Waals surface area contributed by atoms with Gasteiger partial charge in [-0.25, -0.2) is 4.98 Å². The highest BCUT2D eigenvalue weighted by molar-refractivity contribution is 6.39. The first-order chi connectivity index (χ1) is 8.66. The third-order valence-electron chi connectivity index (χ3n) is 2.42. The van der Waals surface area contributed by atoms with E-state index in [0.717, 1.165) is 25.2 Å². The first-order valence-corrected chi connectivity index (χ1v) is 6.25. The zero-order valence-corrected chi connectivity index (χ0v) is 11.1. The van der Waals surface area contributed by atoms with Crippen LogP contribution in [0.2, 0.25) is 10.0 Å². The molecular formula is C11H13Cl2N5. The van der Waals surface area contributed by atoms with E-state index in [2.05, 4.69) is 20.5 Å². The second kappa shape index (κ2) is 5.93. The Morgan fingerprint density at radius 1 is 1.28 bits per heavy atom. The van der Waals surface area contributed by atoms with E-state index in [0.29, 0.717) is 21.4 Å². The quantitative estimate of drug-likeness (QED) is 0.583. The monoisotopic (exact) mass is 285 g/mol. The van der Waals surface area contributed by atoms with Crippen molar-refractivity contribution in [3.8, 4) is 0 Å². The van der Waals surface area contributed by atoms with Crippen molar-refractivity contribution in [1.82, 2.24) is 15.2 Å². The van der Waals surface area contributed by atoms with Gasteiger partial charge in [0.1, 0.15) is 12.2 Å². The lowest BCUT2D eigenvalue weighted by molar-refractivity contribution is 0.806. The summed E-state index contributed by atoms with van der Waals surface area (Å²) in [5.74, 6) is 0.867. The van der Waals surface area contributed by atoms with Gasteiger partial charge in [-0.1, -0.05) is 23.2 Å². The number of hydrogen-bond donors (Lipinski definition) is 3. The second-order valence-corrected chi connectivity index (χ2v) is 4.64. The summed E-state index contributed by atoms with van der Waals surface area (Å²) < 4.78 is 0. The Hall–Kier alpha value is -1.46. The maximum atomic E-state index is 6.06. The molecule has 0 saturated heterocycles. The van der Waals surface area contributed by atoms with Crippen molar-refractivity contribution in [3.63, 3.8) is 0 Å². The van der Waals surface area contributed by atoms with E-state index in [-0.39, 0.29) is 0 Å². The number of anilines is 2. The van der Waals surface area contributed by atoms with E-state index in [4.69, 9.17) is 28.9 Å². The molecule has 1 heterocycles. The summed E-state index contributed by atoms with van der Waals surface area (Å²) in [6.45, 7) is 0.740. The maximum Gasteiger partial charge on any atom is 0.137 e. The summed E-state index contributed by atoms with van der Waals surface area (Å²) in [6.07, 6.45) is 3.21. The normalized spacial score (nSPS) is 10.6. The molecule has 0 spiro atoms. The smallest absolute Gasteiger partial charge is 0.137 e. The number of nitrogens with two attached hydrogens (primary N) is 1. The van der Waals surface area contributed by atoms with Crippen LogP contribution in [0.4, 0.5) is 11.4 Å². The van der Waals surface area contributed by atoms with Crippen molar-refractivity contribution in [2.24, 2.45) is 0 Å². The zero-order chi connectivity index (χ0) is 13.0. The lowest BCUT2D eigenvalue weighted by Crippen LogP contribution is -2.05. The van der Waals surface area contributed by atoms with Gasteiger partial charge in [0.05, 0.1) is 15.7 Å². The minimum atomic E-state index is 0.527. The fourth-order valence-corrected chi connectivity index (χ4v) is 2.22. The molecular weight excluding hydrogens is 273 g/mol. The number of halogens is 2. The molecule has 0 saturated carbocycles. The Bertz CT molecular complexity index is 489. The van der Waals surface area contributed by atoms with Crippen molar-refractivity contribution in [2.45, 2.75) is 12.8 Å². The molecule has 96 valence electrons. The number of aromatic nitrogens is 3. The molecule has 0 bridgehead atoms. The van der Waals surface area contributed by atoms with Crippen LogP contribution < -0.4 is 11.1 Å². The number of nitrogen functional groups attached to an aromatic ring is 1. The summed E-state index contributed by atoms with van der Waals surface area (Å²) >= 11 is 12.1. The molecule has 1 aromatic heterocycles. The number of benzene rings is 1. The van der Waals surface area contributed by atoms with Gasteiger partial charge in [-0.15, -0.1) is 0 Å². The number of nitrogens with one attached hydrogen (secondary N) is 2. The van der Waals surface area contributed by atoms with Gasteiger partial charge in [0.15, 0.2) is 0 Å². The SMILES string of the molecule is Nc1cc(Cl)c(NCCCc2ncn[nH]2)c(Cl)c1. The molecule has 4 N–H and O–H groups in total. The summed E-state index contributed by atoms with van der Waals surface area (Å²) in [5, 5.41) is 10.8. The van der Waals surface area contributed by atoms with Crippen LogP contribution in [0.25, 0.3) is 0 Å². The lowest BCUT2D eigenvalue weighted by Gasteiger charge is -2.10. The number of nitrogens with zero attached hydrogens (tertiary/aromatic N) is 2. The van der Waals surface area contributed by atoms with E-state index in [1.807, 2.05) is 0 Å². The molecule has 0 unspecified atom stereocenters. The van der Waals surface area contributed by atoms with Crippen LogP contribution in [0.1, 0.15) is 12.2 Å². The van der Waals surface area contributed by atoms with E-state index in [9.17, 15) is 0 Å². The Balaban J connectivity index is 1.87. The predicted molar refractivity (Wildman–Crippen MR) is 74.1 cm³/mol. The first kappa shape index (κ1) is 13.0. The van der Waals surface area contributed by atoms with Crippen LogP contribution in [0.15, 0.2) is 18.5 Å². The molecule has 2 aromatic rings. The summed E-state index contributed by atoms with van der Waals surface area (Å²) in [4.78, 5) is 4.04. The molecule has 0 atom stereocenters. The highest BCUT2D eigenvalue weighted by atomic mass is 35.5. The highest BCUT2D eigenvalue weighted by Crippen LogP contribution is 2.32. The van der Waals surface area contributed by atoms with Gasteiger partial charge in [-0.05, 0) is 18.6 Å². The molecule has 0 fully saturated rings. The van der Waals surface area contributed by atoms with Crippen molar-refractivity contribution in [3.05, 3.63) is 34.3 Å². The minimum absolute atomic E-state index is 0.527. The minimum Gasteiger partial charge on any atom is -0.399 e. The third-order valence-corrected chi connectivity index (χ3v) is 3.02. The van der Waals surface area contributed by atoms with Crippen LogP contribution in [-0.2, 0) is 6.42 Å². The summed E-state index contributed by atoms with van der Waals surface area (Å²) in [6, 6.07) is 3.35. The molecule has 2 rings (SSSR count). The van der Waals surface area contributed by atoms with Gasteiger partial charge < -0.3 is 11.1 Å². The van der Waals surface area contributed by atoms with E-state index < -0.39 is 0 Å². The zero-order valence-electron chi connectivity index (χ0n) is 9.58. The van der Waals surface area contributed by atoms with E-state index in [1.54, 1.807) is 12.1 Å². The number of aryl methyl sites for hydroxylation is 1. The molecule has 1 aromatic carbocycles. The number of hydrogen-bond acceptors (Lipinski definition) is 4. The van der Waals surface area contributed by atoms with Gasteiger partial charge in [-0.3, -0.25) is 5.10 Å². The van der Waals surface area contributed by atoms with Crippen molar-refractivity contribution in [1.29, 1.82) is 0 Å². The number of H-pyrrole nitrogens is 1. The van der Waals surface area contributed by atoms with E-state index >= 15 is 0 Å². The average molecular weight is 286 g/mol. The van der Waals surface area contributed by atoms with Crippen molar-refractivity contribution >= 4 is 34.6 Å². The molecule has 0 aliphatic rings. The molecule has 0 aliphatic carbocycles. The highest BCUT2D eigenvalue weighted by Gasteiger charge is 2.06. The molecule has 0 amide bonds. The van der Waals surface area contributed by atoms with Gasteiger partial charge >= 0.3 is 0 Å². The first-order valence-electron chi connectivity index (χ1n) is 5.49. The van der Waals surface area contributed by atoms with Crippen molar-refractivity contribution in [2.75, 3.05) is 17.6 Å². The van der Waals surface area contributed by atoms with Crippen LogP contribution in [-0.4, -0.2) is 21.7 Å². The number of aromatic amines is 1. The van der Waals surface area contributed by atoms with Crippen LogP contribution in [0, 0.1) is 0 Å². The van der Waals surface area contributed by atoms with Gasteiger partial charge in [0, 0.05) is 18.7 Å². The van der Waals surface area contributed by atoms with Crippen LogP contribution in [0.3, 0.4) is 0 Å². The molecule has 0 radical (unpaired) electrons. The second-order valence-electron chi connectivity index (χ2n) is 3.82. The fraction of sp³-hybridized carbons (Fsp3) is 0.273. The van der Waals surface area contributed by atoms with Crippen LogP contribution >= 0.6 is 23.2 Å². The molecule has 5 nitrogen and oxygen atoms in total. The fourth-order valence-electron chi connectivity index (χ4n) is 1.58. The van der Waals surface area contributed by atoms with Crippen LogP contribution in [0.5, 0.6) is 0 Å². The summed E-state index contributed by atoms with van der Waals surface area (Å²) in [5.41, 5.74) is 6.90. The standard InChI is InChI=1S/C11H13Cl2N5/c12-8-4-7(14)5-9(13)11(8)15-3-1-2-10-16-6-17-18-10/h4-6,15H,1-3,14H2,(H,16,17,18). The largest absolute Gasteiger partial charge is 0.399 e.